The predicted octanol–water partition coefficient (Wildman–Crippen LogP) is -0.321. The van der Waals surface area contributed by atoms with Crippen LogP contribution in [-0.2, 0) is 4.79 Å². The Balaban J connectivity index is 2.75. The van der Waals surface area contributed by atoms with Crippen LogP contribution in [-0.4, -0.2) is 51.5 Å². The number of carbonyl (C=O) groups excluding carboxylic acids is 2. The van der Waals surface area contributed by atoms with Crippen molar-refractivity contribution in [3.8, 4) is 11.8 Å². The van der Waals surface area contributed by atoms with Crippen LogP contribution < -0.4 is 16.5 Å². The molecular weight excluding hydrogens is 350 g/mol. The van der Waals surface area contributed by atoms with Gasteiger partial charge in [-0.3, -0.25) is 14.8 Å². The first kappa shape index (κ1) is 22.3. The fourth-order valence-electron chi connectivity index (χ4n) is 2.06. The minimum atomic E-state index is -1.12. The van der Waals surface area contributed by atoms with Gasteiger partial charge < -0.3 is 21.3 Å². The first-order valence-electron chi connectivity index (χ1n) is 8.28. The Morgan fingerprint density at radius 3 is 2.44 bits per heavy atom. The van der Waals surface area contributed by atoms with Crippen LogP contribution in [0.3, 0.4) is 0 Å². The quantitative estimate of drug-likeness (QED) is 0.219. The maximum atomic E-state index is 12.3. The molecule has 27 heavy (non-hydrogen) atoms. The highest BCUT2D eigenvalue weighted by atomic mass is 16.5. The second kappa shape index (κ2) is 10.4. The van der Waals surface area contributed by atoms with Crippen LogP contribution in [0.15, 0.2) is 36.4 Å². The summed E-state index contributed by atoms with van der Waals surface area (Å²) >= 11 is 0. The highest BCUT2D eigenvalue weighted by Gasteiger charge is 2.33. The van der Waals surface area contributed by atoms with Crippen LogP contribution in [0.25, 0.3) is 0 Å². The molecule has 2 unspecified atom stereocenters. The Morgan fingerprint density at radius 2 is 1.93 bits per heavy atom. The predicted molar refractivity (Wildman–Crippen MR) is 99.6 cm³/mol. The van der Waals surface area contributed by atoms with Gasteiger partial charge in [0.05, 0.1) is 12.7 Å². The number of hydrogen-bond donors (Lipinski definition) is 6. The van der Waals surface area contributed by atoms with E-state index in [0.29, 0.717) is 17.5 Å². The molecule has 7 N–H and O–H groups in total. The lowest BCUT2D eigenvalue weighted by atomic mass is 9.95. The third kappa shape index (κ3) is 7.60. The van der Waals surface area contributed by atoms with Gasteiger partial charge >= 0.3 is 0 Å². The van der Waals surface area contributed by atoms with E-state index in [1.165, 1.54) is 5.48 Å². The van der Waals surface area contributed by atoms with Gasteiger partial charge in [-0.05, 0) is 50.6 Å². The first-order chi connectivity index (χ1) is 12.7. The number of carbonyl (C=O) groups is 2. The standard InChI is InChI=1S/C19H25N3O5/c1-19(2,20)16(18(26)22-27)21-17(25)14-10-8-13(9-11-14)6-4-3-5-7-15(24)12-23/h3,5,8-11,15-16,23-24,27H,7,12,20H2,1-2H3,(H,21,25)(H,22,26). The molecule has 1 rings (SSSR count). The summed E-state index contributed by atoms with van der Waals surface area (Å²) in [4.78, 5) is 24.0. The fraction of sp³-hybridized carbons (Fsp3) is 0.368. The van der Waals surface area contributed by atoms with Gasteiger partial charge in [0.15, 0.2) is 0 Å². The second-order valence-corrected chi connectivity index (χ2v) is 6.53. The van der Waals surface area contributed by atoms with E-state index >= 15 is 0 Å². The van der Waals surface area contributed by atoms with E-state index in [2.05, 4.69) is 17.2 Å². The zero-order valence-corrected chi connectivity index (χ0v) is 15.3. The summed E-state index contributed by atoms with van der Waals surface area (Å²) in [6.07, 6.45) is 2.73. The molecule has 146 valence electrons. The lowest BCUT2D eigenvalue weighted by molar-refractivity contribution is -0.132. The number of benzene rings is 1. The van der Waals surface area contributed by atoms with Crippen LogP contribution in [0.4, 0.5) is 0 Å². The molecule has 0 saturated heterocycles. The van der Waals surface area contributed by atoms with Crippen LogP contribution in [0, 0.1) is 11.8 Å². The molecule has 0 heterocycles. The van der Waals surface area contributed by atoms with Crippen LogP contribution in [0.5, 0.6) is 0 Å². The van der Waals surface area contributed by atoms with Gasteiger partial charge in [0, 0.05) is 16.7 Å². The third-order valence-electron chi connectivity index (χ3n) is 3.58. The lowest BCUT2D eigenvalue weighted by Crippen LogP contribution is -2.61. The molecule has 8 heteroatoms. The highest BCUT2D eigenvalue weighted by molar-refractivity contribution is 5.97. The summed E-state index contributed by atoms with van der Waals surface area (Å²) in [7, 11) is 0. The molecule has 0 saturated carbocycles. The van der Waals surface area contributed by atoms with E-state index in [1.54, 1.807) is 50.3 Å². The molecule has 2 atom stereocenters. The monoisotopic (exact) mass is 375 g/mol. The Hall–Kier alpha value is -2.70. The van der Waals surface area contributed by atoms with E-state index in [9.17, 15) is 14.7 Å². The lowest BCUT2D eigenvalue weighted by Gasteiger charge is -2.29. The summed E-state index contributed by atoms with van der Waals surface area (Å²) in [6, 6.07) is 5.28. The number of hydrogen-bond acceptors (Lipinski definition) is 6. The number of rotatable bonds is 7. The van der Waals surface area contributed by atoms with Gasteiger partial charge in [0.1, 0.15) is 6.04 Å². The van der Waals surface area contributed by atoms with Crippen molar-refractivity contribution in [2.24, 2.45) is 5.73 Å². The molecule has 0 radical (unpaired) electrons. The maximum Gasteiger partial charge on any atom is 0.267 e. The molecule has 0 aliphatic heterocycles. The molecular formula is C19H25N3O5. The van der Waals surface area contributed by atoms with Crippen molar-refractivity contribution in [2.45, 2.75) is 38.0 Å². The summed E-state index contributed by atoms with van der Waals surface area (Å²) in [5.74, 6) is 4.33. The van der Waals surface area contributed by atoms with Crippen molar-refractivity contribution >= 4 is 11.8 Å². The van der Waals surface area contributed by atoms with Crippen molar-refractivity contribution in [1.82, 2.24) is 10.8 Å². The minimum absolute atomic E-state index is 0.302. The summed E-state index contributed by atoms with van der Waals surface area (Å²) < 4.78 is 0. The average molecular weight is 375 g/mol. The van der Waals surface area contributed by atoms with E-state index in [0.717, 1.165) is 0 Å². The number of hydroxylamine groups is 1. The van der Waals surface area contributed by atoms with Crippen molar-refractivity contribution in [3.05, 3.63) is 47.5 Å². The van der Waals surface area contributed by atoms with Gasteiger partial charge in [-0.2, -0.15) is 0 Å². The molecule has 2 amide bonds. The van der Waals surface area contributed by atoms with Crippen molar-refractivity contribution in [2.75, 3.05) is 6.61 Å². The van der Waals surface area contributed by atoms with Crippen LogP contribution in [0.2, 0.25) is 0 Å². The van der Waals surface area contributed by atoms with Crippen molar-refractivity contribution in [3.63, 3.8) is 0 Å². The number of nitrogens with one attached hydrogen (secondary N) is 2. The van der Waals surface area contributed by atoms with Crippen LogP contribution >= 0.6 is 0 Å². The summed E-state index contributed by atoms with van der Waals surface area (Å²) in [5, 5.41) is 29.2. The minimum Gasteiger partial charge on any atom is -0.394 e. The zero-order chi connectivity index (χ0) is 20.4. The van der Waals surface area contributed by atoms with E-state index in [4.69, 9.17) is 16.0 Å². The fourth-order valence-corrected chi connectivity index (χ4v) is 2.06. The van der Waals surface area contributed by atoms with Gasteiger partial charge in [-0.15, -0.1) is 0 Å². The summed E-state index contributed by atoms with van der Waals surface area (Å²) in [6.45, 7) is 2.81. The number of aliphatic hydroxyl groups excluding tert-OH is 2. The van der Waals surface area contributed by atoms with Crippen LogP contribution in [0.1, 0.15) is 36.2 Å². The van der Waals surface area contributed by atoms with Gasteiger partial charge in [-0.1, -0.05) is 17.9 Å². The number of nitrogens with two attached hydrogens (primary N) is 1. The summed E-state index contributed by atoms with van der Waals surface area (Å²) in [5.41, 5.74) is 7.26. The zero-order valence-electron chi connectivity index (χ0n) is 15.3. The number of allylic oxidation sites excluding steroid dienone is 1. The largest absolute Gasteiger partial charge is 0.394 e. The Morgan fingerprint density at radius 1 is 1.30 bits per heavy atom. The highest BCUT2D eigenvalue weighted by Crippen LogP contribution is 2.09. The molecule has 0 aromatic heterocycles. The molecule has 1 aromatic rings. The molecule has 0 spiro atoms. The van der Waals surface area contributed by atoms with E-state index in [1.807, 2.05) is 0 Å². The second-order valence-electron chi connectivity index (χ2n) is 6.53. The molecule has 0 bridgehead atoms. The van der Waals surface area contributed by atoms with Gasteiger partial charge in [0.25, 0.3) is 11.8 Å². The topological polar surface area (TPSA) is 145 Å². The number of amides is 2. The molecule has 0 fully saturated rings. The van der Waals surface area contributed by atoms with Gasteiger partial charge in [-0.25, -0.2) is 5.48 Å². The van der Waals surface area contributed by atoms with Crippen molar-refractivity contribution in [1.29, 1.82) is 0 Å². The Labute approximate surface area is 158 Å². The maximum absolute atomic E-state index is 12.3. The normalized spacial score (nSPS) is 13.4. The van der Waals surface area contributed by atoms with E-state index in [-0.39, 0.29) is 6.61 Å². The van der Waals surface area contributed by atoms with E-state index < -0.39 is 29.5 Å². The Kier molecular flexibility index (Phi) is 8.65. The average Bonchev–Trinajstić information content (AvgIpc) is 2.64. The molecule has 1 aromatic carbocycles. The Bertz CT molecular complexity index is 726. The first-order valence-corrected chi connectivity index (χ1v) is 8.28. The SMILES string of the molecule is CC(C)(N)C(NC(=O)c1ccc(C#CC=CCC(O)CO)cc1)C(=O)NO. The number of aliphatic hydroxyl groups is 2. The smallest absolute Gasteiger partial charge is 0.267 e. The third-order valence-corrected chi connectivity index (χ3v) is 3.58. The molecule has 0 aliphatic rings. The molecule has 8 nitrogen and oxygen atoms in total. The van der Waals surface area contributed by atoms with Gasteiger partial charge in [0.2, 0.25) is 0 Å². The molecule has 0 aliphatic carbocycles. The van der Waals surface area contributed by atoms with Crippen molar-refractivity contribution < 1.29 is 25.0 Å².